The van der Waals surface area contributed by atoms with Crippen molar-refractivity contribution in [2.75, 3.05) is 32.7 Å². The normalized spacial score (nSPS) is 19.9. The van der Waals surface area contributed by atoms with Crippen LogP contribution in [-0.4, -0.2) is 63.0 Å². The van der Waals surface area contributed by atoms with Crippen LogP contribution in [0.4, 0.5) is 0 Å². The van der Waals surface area contributed by atoms with Crippen molar-refractivity contribution in [3.8, 4) is 11.1 Å². The van der Waals surface area contributed by atoms with Gasteiger partial charge in [-0.15, -0.1) is 0 Å². The number of hydrogen-bond donors (Lipinski definition) is 0. The molecule has 6 nitrogen and oxygen atoms in total. The number of nitrogens with zero attached hydrogens (tertiary/aromatic N) is 2. The third kappa shape index (κ3) is 6.68. The van der Waals surface area contributed by atoms with Crippen LogP contribution in [0.5, 0.6) is 0 Å². The summed E-state index contributed by atoms with van der Waals surface area (Å²) in [6.07, 6.45) is 7.92. The van der Waals surface area contributed by atoms with Crippen molar-refractivity contribution in [1.82, 2.24) is 9.80 Å². The number of carbonyl (C=O) groups excluding carboxylic acids is 1. The van der Waals surface area contributed by atoms with E-state index in [1.54, 1.807) is 12.1 Å². The van der Waals surface area contributed by atoms with E-state index >= 15 is 0 Å². The van der Waals surface area contributed by atoms with Gasteiger partial charge in [0.05, 0.1) is 6.42 Å². The van der Waals surface area contributed by atoms with Gasteiger partial charge in [-0.05, 0) is 93.9 Å². The fourth-order valence-electron chi connectivity index (χ4n) is 4.76. The second-order valence-electron chi connectivity index (χ2n) is 9.37. The molecule has 2 saturated heterocycles. The van der Waals surface area contributed by atoms with Crippen molar-refractivity contribution in [2.45, 2.75) is 56.4 Å². The molecule has 1 radical (unpaired) electrons. The molecular weight excluding hydrogens is 448 g/mol. The standard InChI is InChI=1S/C27H35N2O4S/c1-22-6-5-19-29(22)21-15-23-7-9-24(10-8-23)25-11-13-26(14-12-25)34(31,32)33-27(30)16-20-28-17-3-2-4-18-28/h2,7-14,22H,3-6,15-21H2,1H3. The predicted octanol–water partition coefficient (Wildman–Crippen LogP) is 4.30. The first-order chi connectivity index (χ1) is 16.4. The summed E-state index contributed by atoms with van der Waals surface area (Å²) in [4.78, 5) is 16.8. The highest BCUT2D eigenvalue weighted by molar-refractivity contribution is 7.87. The summed E-state index contributed by atoms with van der Waals surface area (Å²) >= 11 is 0. The van der Waals surface area contributed by atoms with E-state index in [9.17, 15) is 13.2 Å². The Hall–Kier alpha value is -2.22. The van der Waals surface area contributed by atoms with Gasteiger partial charge < -0.3 is 14.0 Å². The molecule has 0 aliphatic carbocycles. The Morgan fingerprint density at radius 2 is 1.59 bits per heavy atom. The molecule has 0 aromatic heterocycles. The van der Waals surface area contributed by atoms with Gasteiger partial charge in [0.15, 0.2) is 0 Å². The van der Waals surface area contributed by atoms with Crippen LogP contribution in [0, 0.1) is 6.42 Å². The molecule has 0 amide bonds. The number of benzene rings is 2. The molecule has 34 heavy (non-hydrogen) atoms. The lowest BCUT2D eigenvalue weighted by Crippen LogP contribution is -2.32. The third-order valence-corrected chi connectivity index (χ3v) is 8.20. The summed E-state index contributed by atoms with van der Waals surface area (Å²) in [6.45, 7) is 6.91. The lowest BCUT2D eigenvalue weighted by molar-refractivity contribution is -0.134. The summed E-state index contributed by atoms with van der Waals surface area (Å²) in [5.41, 5.74) is 3.25. The second kappa shape index (κ2) is 11.5. The maximum absolute atomic E-state index is 12.5. The minimum Gasteiger partial charge on any atom is -0.342 e. The van der Waals surface area contributed by atoms with Crippen molar-refractivity contribution < 1.29 is 17.4 Å². The highest BCUT2D eigenvalue weighted by atomic mass is 32.2. The molecule has 2 aromatic carbocycles. The first-order valence-corrected chi connectivity index (χ1v) is 13.8. The van der Waals surface area contributed by atoms with Crippen molar-refractivity contribution >= 4 is 16.1 Å². The van der Waals surface area contributed by atoms with Crippen LogP contribution < -0.4 is 0 Å². The molecule has 0 bridgehead atoms. The maximum atomic E-state index is 12.5. The molecule has 0 saturated carbocycles. The van der Waals surface area contributed by atoms with Crippen LogP contribution >= 0.6 is 0 Å². The van der Waals surface area contributed by atoms with Gasteiger partial charge in [0.2, 0.25) is 0 Å². The van der Waals surface area contributed by atoms with Gasteiger partial charge in [0.1, 0.15) is 4.90 Å². The Bertz CT molecular complexity index is 1050. The molecule has 2 aromatic rings. The van der Waals surface area contributed by atoms with E-state index in [-0.39, 0.29) is 11.3 Å². The van der Waals surface area contributed by atoms with E-state index in [0.29, 0.717) is 12.6 Å². The largest absolute Gasteiger partial charge is 0.342 e. The lowest BCUT2D eigenvalue weighted by Gasteiger charge is -2.25. The Morgan fingerprint density at radius 1 is 0.941 bits per heavy atom. The molecule has 4 rings (SSSR count). The van der Waals surface area contributed by atoms with Gasteiger partial charge in [-0.1, -0.05) is 36.4 Å². The molecule has 2 fully saturated rings. The third-order valence-electron chi connectivity index (χ3n) is 6.94. The summed E-state index contributed by atoms with van der Waals surface area (Å²) in [7, 11) is -4.12. The van der Waals surface area contributed by atoms with Gasteiger partial charge in [-0.3, -0.25) is 4.79 Å². The van der Waals surface area contributed by atoms with Crippen molar-refractivity contribution in [1.29, 1.82) is 0 Å². The topological polar surface area (TPSA) is 66.9 Å². The molecule has 7 heteroatoms. The van der Waals surface area contributed by atoms with E-state index in [2.05, 4.69) is 47.4 Å². The molecule has 2 aliphatic heterocycles. The quantitative estimate of drug-likeness (QED) is 0.496. The fraction of sp³-hybridized carbons (Fsp3) is 0.481. The summed E-state index contributed by atoms with van der Waals surface area (Å²) < 4.78 is 29.9. The molecule has 1 atom stereocenters. The van der Waals surface area contributed by atoms with E-state index in [4.69, 9.17) is 4.18 Å². The van der Waals surface area contributed by atoms with Crippen LogP contribution in [0.2, 0.25) is 0 Å². The zero-order chi connectivity index (χ0) is 24.0. The van der Waals surface area contributed by atoms with Gasteiger partial charge in [-0.25, -0.2) is 0 Å². The minimum absolute atomic E-state index is 0.00599. The first-order valence-electron chi connectivity index (χ1n) is 12.4. The molecular formula is C27H35N2O4S. The minimum atomic E-state index is -4.12. The zero-order valence-electron chi connectivity index (χ0n) is 20.0. The van der Waals surface area contributed by atoms with Gasteiger partial charge in [-0.2, -0.15) is 8.42 Å². The monoisotopic (exact) mass is 483 g/mol. The second-order valence-corrected chi connectivity index (χ2v) is 10.9. The SMILES string of the molecule is CC1CCCN1CCc1ccc(-c2ccc(S(=O)(=O)OC(=O)CCN3CC[CH]CC3)cc2)cc1. The smallest absolute Gasteiger partial charge is 0.341 e. The van der Waals surface area contributed by atoms with E-state index < -0.39 is 16.1 Å². The molecule has 1 unspecified atom stereocenters. The van der Waals surface area contributed by atoms with Crippen molar-refractivity contribution in [3.63, 3.8) is 0 Å². The first kappa shape index (κ1) is 24.9. The summed E-state index contributed by atoms with van der Waals surface area (Å²) in [5, 5.41) is 0. The highest BCUT2D eigenvalue weighted by Gasteiger charge is 2.22. The van der Waals surface area contributed by atoms with Gasteiger partial charge in [0, 0.05) is 19.1 Å². The number of piperidine rings is 1. The Labute approximate surface area is 204 Å². The van der Waals surface area contributed by atoms with Crippen LogP contribution in [0.3, 0.4) is 0 Å². The maximum Gasteiger partial charge on any atom is 0.341 e. The average molecular weight is 484 g/mol. The summed E-state index contributed by atoms with van der Waals surface area (Å²) in [6, 6.07) is 15.6. The molecule has 2 aliphatic rings. The van der Waals surface area contributed by atoms with Gasteiger partial charge >= 0.3 is 16.1 Å². The molecule has 183 valence electrons. The Morgan fingerprint density at radius 3 is 2.21 bits per heavy atom. The molecule has 0 spiro atoms. The summed E-state index contributed by atoms with van der Waals surface area (Å²) in [5.74, 6) is -0.711. The van der Waals surface area contributed by atoms with Crippen molar-refractivity contribution in [3.05, 3.63) is 60.5 Å². The molecule has 2 heterocycles. The predicted molar refractivity (Wildman–Crippen MR) is 134 cm³/mol. The highest BCUT2D eigenvalue weighted by Crippen LogP contribution is 2.24. The Balaban J connectivity index is 1.30. The van der Waals surface area contributed by atoms with Crippen LogP contribution in [-0.2, 0) is 25.5 Å². The van der Waals surface area contributed by atoms with E-state index in [0.717, 1.165) is 50.0 Å². The number of rotatable bonds is 9. The number of hydrogen-bond acceptors (Lipinski definition) is 6. The van der Waals surface area contributed by atoms with E-state index in [1.165, 1.54) is 37.1 Å². The van der Waals surface area contributed by atoms with Crippen molar-refractivity contribution in [2.24, 2.45) is 0 Å². The van der Waals surface area contributed by atoms with Crippen LogP contribution in [0.25, 0.3) is 11.1 Å². The van der Waals surface area contributed by atoms with Crippen LogP contribution in [0.1, 0.15) is 44.6 Å². The Kier molecular flexibility index (Phi) is 8.40. The number of likely N-dealkylation sites (tertiary alicyclic amines) is 2. The number of carbonyl (C=O) groups is 1. The van der Waals surface area contributed by atoms with Crippen LogP contribution in [0.15, 0.2) is 53.4 Å². The fourth-order valence-corrected chi connectivity index (χ4v) is 5.66. The van der Waals surface area contributed by atoms with Gasteiger partial charge in [0.25, 0.3) is 0 Å². The lowest BCUT2D eigenvalue weighted by atomic mass is 10.0. The average Bonchev–Trinajstić information content (AvgIpc) is 3.27. The van der Waals surface area contributed by atoms with E-state index in [1.807, 2.05) is 0 Å². The molecule has 0 N–H and O–H groups in total. The zero-order valence-corrected chi connectivity index (χ0v) is 20.8.